The van der Waals surface area contributed by atoms with Crippen molar-refractivity contribution in [3.05, 3.63) is 54.0 Å². The molecule has 1 atom stereocenters. The van der Waals surface area contributed by atoms with Gasteiger partial charge in [0, 0.05) is 38.3 Å². The fourth-order valence-corrected chi connectivity index (χ4v) is 6.20. The first-order valence-electron chi connectivity index (χ1n) is 11.0. The first-order chi connectivity index (χ1) is 14.9. The van der Waals surface area contributed by atoms with Crippen LogP contribution in [0.1, 0.15) is 56.3 Å². The van der Waals surface area contributed by atoms with E-state index in [1.807, 2.05) is 37.3 Å². The van der Waals surface area contributed by atoms with Crippen LogP contribution in [0.3, 0.4) is 0 Å². The van der Waals surface area contributed by atoms with E-state index in [0.29, 0.717) is 51.7 Å². The van der Waals surface area contributed by atoms with Crippen LogP contribution in [0.15, 0.2) is 47.1 Å². The summed E-state index contributed by atoms with van der Waals surface area (Å²) in [5.74, 6) is 1.71. The van der Waals surface area contributed by atoms with Crippen LogP contribution in [0, 0.1) is 0 Å². The molecule has 1 N–H and O–H groups in total. The number of piperidine rings is 1. The van der Waals surface area contributed by atoms with Gasteiger partial charge in [0.2, 0.25) is 15.9 Å². The Bertz CT molecular complexity index is 995. The van der Waals surface area contributed by atoms with Gasteiger partial charge in [-0.3, -0.25) is 4.79 Å². The molecule has 2 aliphatic rings. The summed E-state index contributed by atoms with van der Waals surface area (Å²) in [5.41, 5.74) is 0.612. The van der Waals surface area contributed by atoms with Crippen molar-refractivity contribution in [3.63, 3.8) is 0 Å². The maximum Gasteiger partial charge on any atom is 0.220 e. The van der Waals surface area contributed by atoms with Gasteiger partial charge in [-0.2, -0.15) is 0 Å². The highest BCUT2D eigenvalue weighted by atomic mass is 32.2. The third kappa shape index (κ3) is 4.96. The SMILES string of the molecule is CCCS(=O)(=O)N1CCC2(CC1)CC(CC(=O)NCc1ccco1)c1ccccc1O2. The lowest BCUT2D eigenvalue weighted by molar-refractivity contribution is -0.122. The summed E-state index contributed by atoms with van der Waals surface area (Å²) in [4.78, 5) is 12.7. The Morgan fingerprint density at radius 1 is 1.19 bits per heavy atom. The highest BCUT2D eigenvalue weighted by molar-refractivity contribution is 7.89. The molecular weight excluding hydrogens is 416 g/mol. The van der Waals surface area contributed by atoms with Crippen LogP contribution in [0.2, 0.25) is 0 Å². The van der Waals surface area contributed by atoms with Gasteiger partial charge in [0.15, 0.2) is 0 Å². The lowest BCUT2D eigenvalue weighted by Crippen LogP contribution is -2.52. The Balaban J connectivity index is 1.45. The third-order valence-electron chi connectivity index (χ3n) is 6.26. The fraction of sp³-hybridized carbons (Fsp3) is 0.522. The third-order valence-corrected chi connectivity index (χ3v) is 8.34. The summed E-state index contributed by atoms with van der Waals surface area (Å²) in [7, 11) is -3.21. The van der Waals surface area contributed by atoms with Crippen molar-refractivity contribution in [1.82, 2.24) is 9.62 Å². The normalized spacial score (nSPS) is 20.7. The molecule has 4 rings (SSSR count). The van der Waals surface area contributed by atoms with Gasteiger partial charge in [-0.15, -0.1) is 0 Å². The summed E-state index contributed by atoms with van der Waals surface area (Å²) < 4.78 is 38.2. The van der Waals surface area contributed by atoms with Crippen LogP contribution in [-0.4, -0.2) is 43.1 Å². The van der Waals surface area contributed by atoms with Crippen molar-refractivity contribution in [2.75, 3.05) is 18.8 Å². The van der Waals surface area contributed by atoms with E-state index in [2.05, 4.69) is 5.32 Å². The van der Waals surface area contributed by atoms with E-state index < -0.39 is 15.6 Å². The summed E-state index contributed by atoms with van der Waals surface area (Å²) in [6.07, 6.45) is 4.54. The fourth-order valence-electron chi connectivity index (χ4n) is 4.69. The second-order valence-electron chi connectivity index (χ2n) is 8.50. The average molecular weight is 447 g/mol. The summed E-state index contributed by atoms with van der Waals surface area (Å²) in [6, 6.07) is 11.5. The van der Waals surface area contributed by atoms with Gasteiger partial charge in [-0.25, -0.2) is 12.7 Å². The molecule has 0 bridgehead atoms. The van der Waals surface area contributed by atoms with Crippen LogP contribution in [-0.2, 0) is 21.4 Å². The number of benzene rings is 1. The molecule has 0 saturated carbocycles. The number of carbonyl (C=O) groups is 1. The number of para-hydroxylation sites is 1. The predicted molar refractivity (Wildman–Crippen MR) is 117 cm³/mol. The van der Waals surface area contributed by atoms with Gasteiger partial charge in [0.05, 0.1) is 18.6 Å². The second kappa shape index (κ2) is 9.04. The number of sulfonamides is 1. The highest BCUT2D eigenvalue weighted by Gasteiger charge is 2.45. The quantitative estimate of drug-likeness (QED) is 0.704. The first-order valence-corrected chi connectivity index (χ1v) is 12.6. The number of nitrogens with one attached hydrogen (secondary N) is 1. The lowest BCUT2D eigenvalue weighted by atomic mass is 9.76. The van der Waals surface area contributed by atoms with E-state index in [0.717, 1.165) is 17.1 Å². The van der Waals surface area contributed by atoms with Crippen molar-refractivity contribution in [1.29, 1.82) is 0 Å². The number of nitrogens with zero attached hydrogens (tertiary/aromatic N) is 1. The van der Waals surface area contributed by atoms with Gasteiger partial charge < -0.3 is 14.5 Å². The predicted octanol–water partition coefficient (Wildman–Crippen LogP) is 3.43. The zero-order chi connectivity index (χ0) is 21.9. The minimum absolute atomic E-state index is 0.0281. The molecule has 8 heteroatoms. The minimum atomic E-state index is -3.21. The van der Waals surface area contributed by atoms with Crippen LogP contribution in [0.25, 0.3) is 0 Å². The zero-order valence-corrected chi connectivity index (χ0v) is 18.7. The number of carbonyl (C=O) groups excluding carboxylic acids is 1. The van der Waals surface area contributed by atoms with Gasteiger partial charge in [0.25, 0.3) is 0 Å². The number of hydrogen-bond donors (Lipinski definition) is 1. The van der Waals surface area contributed by atoms with E-state index in [4.69, 9.17) is 9.15 Å². The van der Waals surface area contributed by atoms with E-state index in [1.54, 1.807) is 16.6 Å². The second-order valence-corrected chi connectivity index (χ2v) is 10.6. The smallest absolute Gasteiger partial charge is 0.220 e. The van der Waals surface area contributed by atoms with Crippen molar-refractivity contribution in [2.45, 2.75) is 57.1 Å². The molecule has 31 heavy (non-hydrogen) atoms. The maximum atomic E-state index is 12.7. The van der Waals surface area contributed by atoms with E-state index in [1.165, 1.54) is 0 Å². The van der Waals surface area contributed by atoms with E-state index >= 15 is 0 Å². The summed E-state index contributed by atoms with van der Waals surface area (Å²) in [6.45, 7) is 3.17. The molecule has 1 fully saturated rings. The number of furan rings is 1. The Morgan fingerprint density at radius 2 is 1.97 bits per heavy atom. The number of fused-ring (bicyclic) bond motifs is 1. The van der Waals surface area contributed by atoms with Gasteiger partial charge >= 0.3 is 0 Å². The molecule has 7 nitrogen and oxygen atoms in total. The topological polar surface area (TPSA) is 88.9 Å². The van der Waals surface area contributed by atoms with Crippen LogP contribution in [0.5, 0.6) is 5.75 Å². The number of rotatable bonds is 7. The molecule has 1 aromatic carbocycles. The Morgan fingerprint density at radius 3 is 2.68 bits per heavy atom. The van der Waals surface area contributed by atoms with Crippen molar-refractivity contribution < 1.29 is 22.4 Å². The minimum Gasteiger partial charge on any atom is -0.487 e. The monoisotopic (exact) mass is 446 g/mol. The number of hydrogen-bond acceptors (Lipinski definition) is 5. The molecule has 1 spiro atoms. The van der Waals surface area contributed by atoms with Gasteiger partial charge in [-0.05, 0) is 36.6 Å². The number of ether oxygens (including phenoxy) is 1. The molecule has 1 amide bonds. The molecule has 3 heterocycles. The van der Waals surface area contributed by atoms with Crippen molar-refractivity contribution in [2.24, 2.45) is 0 Å². The molecule has 0 aliphatic carbocycles. The largest absolute Gasteiger partial charge is 0.487 e. The van der Waals surface area contributed by atoms with E-state index in [-0.39, 0.29) is 17.6 Å². The molecule has 0 radical (unpaired) electrons. The molecule has 1 aromatic heterocycles. The zero-order valence-electron chi connectivity index (χ0n) is 17.9. The number of amides is 1. The molecule has 2 aromatic rings. The summed E-state index contributed by atoms with van der Waals surface area (Å²) in [5, 5.41) is 2.93. The lowest BCUT2D eigenvalue weighted by Gasteiger charge is -2.46. The Kier molecular flexibility index (Phi) is 6.39. The highest BCUT2D eigenvalue weighted by Crippen LogP contribution is 2.46. The molecular formula is C23H30N2O5S. The molecule has 1 saturated heterocycles. The standard InChI is InChI=1S/C23H30N2O5S/c1-2-14-31(27,28)25-11-9-23(10-12-25)16-18(20-7-3-4-8-21(20)30-23)15-22(26)24-17-19-6-5-13-29-19/h3-8,13,18H,2,9-12,14-17H2,1H3,(H,24,26). The van der Waals surface area contributed by atoms with E-state index in [9.17, 15) is 13.2 Å². The summed E-state index contributed by atoms with van der Waals surface area (Å²) >= 11 is 0. The molecule has 168 valence electrons. The first kappa shape index (κ1) is 21.9. The molecule has 2 aliphatic heterocycles. The van der Waals surface area contributed by atoms with Crippen LogP contribution < -0.4 is 10.1 Å². The average Bonchev–Trinajstić information content (AvgIpc) is 3.26. The van der Waals surface area contributed by atoms with Gasteiger partial charge in [0.1, 0.15) is 17.1 Å². The van der Waals surface area contributed by atoms with Crippen LogP contribution in [0.4, 0.5) is 0 Å². The van der Waals surface area contributed by atoms with Crippen LogP contribution >= 0.6 is 0 Å². The molecule has 1 unspecified atom stereocenters. The Hall–Kier alpha value is -2.32. The van der Waals surface area contributed by atoms with Gasteiger partial charge in [-0.1, -0.05) is 25.1 Å². The Labute approximate surface area is 183 Å². The van der Waals surface area contributed by atoms with Crippen molar-refractivity contribution in [3.8, 4) is 5.75 Å². The van der Waals surface area contributed by atoms with Crippen molar-refractivity contribution >= 4 is 15.9 Å². The maximum absolute atomic E-state index is 12.7.